The second-order valence-electron chi connectivity index (χ2n) is 15.1. The van der Waals surface area contributed by atoms with Crippen molar-refractivity contribution in [2.45, 2.75) is 38.8 Å². The molecule has 2 aromatic carbocycles. The summed E-state index contributed by atoms with van der Waals surface area (Å²) in [5.41, 5.74) is 1.62. The van der Waals surface area contributed by atoms with E-state index in [1.165, 1.54) is 59.9 Å². The van der Waals surface area contributed by atoms with E-state index in [9.17, 15) is 23.2 Å². The molecule has 2 N–H and O–H groups in total. The van der Waals surface area contributed by atoms with E-state index in [0.29, 0.717) is 49.6 Å². The number of hydrogen-bond donors (Lipinski definition) is 2. The number of nitrogens with zero attached hydrogens (tertiary/aromatic N) is 7. The van der Waals surface area contributed by atoms with Crippen molar-refractivity contribution in [2.24, 2.45) is 13.0 Å². The molecule has 1 aliphatic carbocycles. The summed E-state index contributed by atoms with van der Waals surface area (Å²) in [5, 5.41) is 15.8. The maximum Gasteiger partial charge on any atom is 0.292 e. The highest BCUT2D eigenvalue weighted by Gasteiger charge is 2.57. The van der Waals surface area contributed by atoms with E-state index in [-0.39, 0.29) is 63.9 Å². The number of anilines is 1. The predicted molar refractivity (Wildman–Crippen MR) is 206 cm³/mol. The van der Waals surface area contributed by atoms with Crippen molar-refractivity contribution in [3.05, 3.63) is 76.0 Å². The van der Waals surface area contributed by atoms with Crippen LogP contribution in [0, 0.1) is 31.4 Å². The Morgan fingerprint density at radius 1 is 1.05 bits per heavy atom. The van der Waals surface area contributed by atoms with Gasteiger partial charge in [0.2, 0.25) is 6.41 Å². The monoisotopic (exact) mass is 833 g/mol. The number of rotatable bonds is 9. The van der Waals surface area contributed by atoms with Gasteiger partial charge in [-0.05, 0) is 38.1 Å². The minimum atomic E-state index is -2.74. The minimum Gasteiger partial charge on any atom is -0.471 e. The van der Waals surface area contributed by atoms with E-state index in [1.807, 2.05) is 0 Å². The van der Waals surface area contributed by atoms with E-state index in [0.717, 1.165) is 24.0 Å². The van der Waals surface area contributed by atoms with Crippen LogP contribution in [0.3, 0.4) is 0 Å². The number of nitrogens with one attached hydrogen (secondary N) is 1. The number of quaternary nitrogens is 1. The van der Waals surface area contributed by atoms with Gasteiger partial charge in [-0.2, -0.15) is 5.10 Å². The molecule has 4 aromatic rings. The molecule has 1 saturated carbocycles. The second kappa shape index (κ2) is 17.7. The van der Waals surface area contributed by atoms with E-state index < -0.39 is 29.4 Å². The SMILES string of the molecule is COC=O.C[N+]1(C)CC(O)C1.Cc1nn(CC2CC2(F)F)c(C)c1-c1ccc(-c2cnc(C(=O)Nc3ccc(C(=O)N4CCN(C=O)CC4)c(Cl)c3)n2C)c(F)c1F. The van der Waals surface area contributed by atoms with Gasteiger partial charge in [-0.3, -0.25) is 23.9 Å². The molecular formula is C39H46ClF4N8O6+. The van der Waals surface area contributed by atoms with E-state index in [2.05, 4.69) is 34.2 Å². The summed E-state index contributed by atoms with van der Waals surface area (Å²) in [5.74, 6) is -6.94. The molecule has 1 atom stereocenters. The Bertz CT molecular complexity index is 2180. The first-order valence-corrected chi connectivity index (χ1v) is 18.7. The maximum atomic E-state index is 15.6. The fourth-order valence-corrected chi connectivity index (χ4v) is 7.26. The van der Waals surface area contributed by atoms with Gasteiger partial charge in [0, 0.05) is 80.2 Å². The van der Waals surface area contributed by atoms with Crippen LogP contribution in [0.1, 0.15) is 38.8 Å². The van der Waals surface area contributed by atoms with Crippen LogP contribution in [0.2, 0.25) is 5.02 Å². The number of methoxy groups -OCH3 is 1. The van der Waals surface area contributed by atoms with Gasteiger partial charge in [-0.1, -0.05) is 17.7 Å². The van der Waals surface area contributed by atoms with Gasteiger partial charge in [0.05, 0.1) is 49.4 Å². The Kier molecular flexibility index (Phi) is 13.3. The topological polar surface area (TPSA) is 152 Å². The summed E-state index contributed by atoms with van der Waals surface area (Å²) in [6.45, 7) is 7.04. The maximum absolute atomic E-state index is 15.6. The number of amides is 3. The molecule has 2 aromatic heterocycles. The van der Waals surface area contributed by atoms with Crippen LogP contribution in [0.5, 0.6) is 0 Å². The number of aryl methyl sites for hydroxylation is 1. The van der Waals surface area contributed by atoms with Crippen molar-refractivity contribution < 1.29 is 51.1 Å². The minimum absolute atomic E-state index is 0.0167. The van der Waals surface area contributed by atoms with Crippen molar-refractivity contribution in [2.75, 3.05) is 65.8 Å². The van der Waals surface area contributed by atoms with Crippen molar-refractivity contribution in [3.8, 4) is 22.4 Å². The number of carbonyl (C=O) groups is 4. The lowest BCUT2D eigenvalue weighted by atomic mass is 10.00. The van der Waals surface area contributed by atoms with E-state index >= 15 is 8.78 Å². The van der Waals surface area contributed by atoms with Crippen molar-refractivity contribution in [1.82, 2.24) is 29.1 Å². The average molecular weight is 834 g/mol. The smallest absolute Gasteiger partial charge is 0.292 e. The summed E-state index contributed by atoms with van der Waals surface area (Å²) < 4.78 is 65.7. The molecule has 19 heteroatoms. The van der Waals surface area contributed by atoms with Gasteiger partial charge in [-0.15, -0.1) is 0 Å². The molecule has 3 amide bonds. The molecule has 312 valence electrons. The highest BCUT2D eigenvalue weighted by Crippen LogP contribution is 2.50. The zero-order valence-corrected chi connectivity index (χ0v) is 33.7. The number of carbonyl (C=O) groups excluding carboxylic acids is 4. The zero-order chi connectivity index (χ0) is 42.7. The highest BCUT2D eigenvalue weighted by molar-refractivity contribution is 6.34. The van der Waals surface area contributed by atoms with Crippen LogP contribution < -0.4 is 5.32 Å². The zero-order valence-electron chi connectivity index (χ0n) is 32.9. The normalized spacial score (nSPS) is 17.8. The number of likely N-dealkylation sites (tertiary alicyclic amines) is 1. The molecule has 1 unspecified atom stereocenters. The van der Waals surface area contributed by atoms with Crippen LogP contribution in [0.25, 0.3) is 22.4 Å². The lowest BCUT2D eigenvalue weighted by Crippen LogP contribution is -2.61. The van der Waals surface area contributed by atoms with E-state index in [1.54, 1.807) is 23.6 Å². The Hall–Kier alpha value is -5.33. The van der Waals surface area contributed by atoms with Gasteiger partial charge in [0.25, 0.3) is 24.2 Å². The van der Waals surface area contributed by atoms with Gasteiger partial charge in [0.15, 0.2) is 23.6 Å². The van der Waals surface area contributed by atoms with Crippen LogP contribution in [-0.4, -0.2) is 136 Å². The first kappa shape index (κ1) is 43.8. The number of halogens is 5. The number of imidazole rings is 1. The number of benzene rings is 2. The Labute approximate surface area is 337 Å². The molecule has 0 spiro atoms. The number of likely N-dealkylation sites (N-methyl/N-ethyl adjacent to an activating group) is 1. The molecule has 3 fully saturated rings. The third-order valence-corrected chi connectivity index (χ3v) is 10.6. The molecular weight excluding hydrogens is 788 g/mol. The molecule has 0 bridgehead atoms. The first-order valence-electron chi connectivity index (χ1n) is 18.3. The first-order chi connectivity index (χ1) is 27.3. The lowest BCUT2D eigenvalue weighted by molar-refractivity contribution is -0.937. The quantitative estimate of drug-likeness (QED) is 0.142. The molecule has 4 heterocycles. The van der Waals surface area contributed by atoms with Crippen LogP contribution in [0.4, 0.5) is 23.2 Å². The number of ether oxygens (including phenoxy) is 1. The van der Waals surface area contributed by atoms with Gasteiger partial charge >= 0.3 is 0 Å². The standard InChI is InChI=1S/C32H30ClF4N7O3.C5H12NO.C2H4O2/c1-17-26(18(2)44(40-17)15-19-13-32(19,36)37)23-7-6-22(27(34)28(23)35)25-14-38-29(41(25)3)30(46)39-20-4-5-21(24(33)12-20)31(47)43-10-8-42(16-45)9-11-43;1-6(2)3-5(7)4-6;1-4-2-3/h4-7,12,14,16,19H,8-11,13,15H2,1-3H3,(H,39,46);5,7H,3-4H2,1-2H3;2H,1H3/q;+1;. The summed E-state index contributed by atoms with van der Waals surface area (Å²) in [4.78, 5) is 53.3. The van der Waals surface area contributed by atoms with E-state index in [4.69, 9.17) is 21.5 Å². The van der Waals surface area contributed by atoms with Crippen LogP contribution in [0.15, 0.2) is 36.5 Å². The number of aliphatic hydroxyl groups excluding tert-OH is 1. The summed E-state index contributed by atoms with van der Waals surface area (Å²) in [6.07, 6.45) is 1.74. The van der Waals surface area contributed by atoms with Crippen LogP contribution in [-0.2, 0) is 27.9 Å². The van der Waals surface area contributed by atoms with Gasteiger partial charge in [-0.25, -0.2) is 22.5 Å². The number of aliphatic hydroxyl groups is 1. The average Bonchev–Trinajstić information content (AvgIpc) is 3.43. The largest absolute Gasteiger partial charge is 0.471 e. The third kappa shape index (κ3) is 9.67. The van der Waals surface area contributed by atoms with Crippen molar-refractivity contribution in [3.63, 3.8) is 0 Å². The number of piperazine rings is 1. The van der Waals surface area contributed by atoms with Gasteiger partial charge < -0.3 is 34.0 Å². The number of alkyl halides is 2. The molecule has 3 aliphatic rings. The molecule has 2 aliphatic heterocycles. The predicted octanol–water partition coefficient (Wildman–Crippen LogP) is 4.55. The Balaban J connectivity index is 0.000000508. The summed E-state index contributed by atoms with van der Waals surface area (Å²) in [6, 6.07) is 7.18. The van der Waals surface area contributed by atoms with Gasteiger partial charge in [0.1, 0.15) is 13.1 Å². The highest BCUT2D eigenvalue weighted by atomic mass is 35.5. The molecule has 0 radical (unpaired) electrons. The summed E-state index contributed by atoms with van der Waals surface area (Å²) >= 11 is 6.39. The molecule has 14 nitrogen and oxygen atoms in total. The van der Waals surface area contributed by atoms with Crippen molar-refractivity contribution in [1.29, 1.82) is 0 Å². The fraction of sp³-hybridized carbons (Fsp3) is 0.436. The lowest BCUT2D eigenvalue weighted by Gasteiger charge is -2.41. The second-order valence-corrected chi connectivity index (χ2v) is 15.5. The number of hydrogen-bond acceptors (Lipinski definition) is 8. The van der Waals surface area contributed by atoms with Crippen molar-refractivity contribution >= 4 is 42.0 Å². The fourth-order valence-electron chi connectivity index (χ4n) is 6.99. The summed E-state index contributed by atoms with van der Waals surface area (Å²) in [7, 11) is 7.03. The van der Waals surface area contributed by atoms with Crippen LogP contribution >= 0.6 is 11.6 Å². The third-order valence-electron chi connectivity index (χ3n) is 10.3. The molecule has 2 saturated heterocycles. The number of aromatic nitrogens is 4. The Morgan fingerprint density at radius 3 is 2.17 bits per heavy atom. The molecule has 7 rings (SSSR count). The molecule has 58 heavy (non-hydrogen) atoms. The Morgan fingerprint density at radius 2 is 1.66 bits per heavy atom.